The number of hydrogen-bond acceptors (Lipinski definition) is 7. The van der Waals surface area contributed by atoms with Crippen LogP contribution in [0, 0.1) is 4.77 Å². The van der Waals surface area contributed by atoms with Gasteiger partial charge >= 0.3 is 5.97 Å². The highest BCUT2D eigenvalue weighted by Gasteiger charge is 2.27. The zero-order chi connectivity index (χ0) is 18.7. The Hall–Kier alpha value is -1.71. The quantitative estimate of drug-likeness (QED) is 0.571. The third kappa shape index (κ3) is 4.16. The van der Waals surface area contributed by atoms with Crippen LogP contribution < -0.4 is 0 Å². The van der Waals surface area contributed by atoms with Gasteiger partial charge in [0.05, 0.1) is 19.5 Å². The molecule has 1 aliphatic rings. The lowest BCUT2D eigenvalue weighted by molar-refractivity contribution is -0.140. The van der Waals surface area contributed by atoms with Gasteiger partial charge in [0.15, 0.2) is 0 Å². The number of benzene rings is 1. The Morgan fingerprint density at radius 3 is 2.73 bits per heavy atom. The summed E-state index contributed by atoms with van der Waals surface area (Å²) in [5, 5.41) is 8.23. The molecule has 9 heteroatoms. The molecule has 0 bridgehead atoms. The number of ether oxygens (including phenoxy) is 1. The SMILES string of the molecule is COC(=O)[C@H]1CN(Cn2nnn(-c3ccc(C(C)C)cc3)c2=S)CCS1. The Balaban J connectivity index is 1.73. The molecule has 0 amide bonds. The average Bonchev–Trinajstić information content (AvgIpc) is 3.01. The first kappa shape index (κ1) is 19.1. The molecule has 1 aromatic heterocycles. The number of nitrogens with zero attached hydrogens (tertiary/aromatic N) is 5. The Kier molecular flexibility index (Phi) is 6.10. The minimum absolute atomic E-state index is 0.165. The Bertz CT molecular complexity index is 815. The first-order valence-electron chi connectivity index (χ1n) is 8.54. The first-order valence-corrected chi connectivity index (χ1v) is 10.00. The van der Waals surface area contributed by atoms with E-state index >= 15 is 0 Å². The summed E-state index contributed by atoms with van der Waals surface area (Å²) in [5.41, 5.74) is 2.17. The van der Waals surface area contributed by atoms with Gasteiger partial charge < -0.3 is 4.74 Å². The minimum atomic E-state index is -0.183. The predicted molar refractivity (Wildman–Crippen MR) is 104 cm³/mol. The molecule has 1 saturated heterocycles. The highest BCUT2D eigenvalue weighted by Crippen LogP contribution is 2.20. The molecule has 2 aromatic rings. The highest BCUT2D eigenvalue weighted by atomic mass is 32.2. The molecule has 140 valence electrons. The fourth-order valence-corrected chi connectivity index (χ4v) is 4.25. The molecule has 0 N–H and O–H groups in total. The van der Waals surface area contributed by atoms with Gasteiger partial charge in [-0.1, -0.05) is 26.0 Å². The lowest BCUT2D eigenvalue weighted by Crippen LogP contribution is -2.42. The summed E-state index contributed by atoms with van der Waals surface area (Å²) in [5.74, 6) is 1.17. The third-order valence-corrected chi connectivity index (χ3v) is 5.94. The summed E-state index contributed by atoms with van der Waals surface area (Å²) >= 11 is 7.17. The first-order chi connectivity index (χ1) is 12.5. The molecule has 3 rings (SSSR count). The van der Waals surface area contributed by atoms with Crippen molar-refractivity contribution in [1.29, 1.82) is 0 Å². The monoisotopic (exact) mass is 393 g/mol. The molecule has 2 heterocycles. The summed E-state index contributed by atoms with van der Waals surface area (Å²) < 4.78 is 8.74. The second-order valence-corrected chi connectivity index (χ2v) is 8.20. The standard InChI is InChI=1S/C17H23N5O2S2/c1-12(2)13-4-6-14(7-5-13)22-17(25)21(18-19-22)11-20-8-9-26-15(10-20)16(23)24-3/h4-7,12,15H,8-11H2,1-3H3/t15-/m1/s1. The van der Waals surface area contributed by atoms with Gasteiger partial charge in [0.25, 0.3) is 0 Å². The summed E-state index contributed by atoms with van der Waals surface area (Å²) in [6.07, 6.45) is 0. The maximum atomic E-state index is 11.8. The van der Waals surface area contributed by atoms with E-state index in [1.807, 2.05) is 12.1 Å². The van der Waals surface area contributed by atoms with Gasteiger partial charge in [-0.25, -0.2) is 4.68 Å². The van der Waals surface area contributed by atoms with Crippen molar-refractivity contribution in [3.05, 3.63) is 34.6 Å². The Labute approximate surface area is 162 Å². The summed E-state index contributed by atoms with van der Waals surface area (Å²) in [6, 6.07) is 8.19. The van der Waals surface area contributed by atoms with Crippen molar-refractivity contribution >= 4 is 29.9 Å². The fourth-order valence-electron chi connectivity index (χ4n) is 2.82. The van der Waals surface area contributed by atoms with Crippen molar-refractivity contribution in [2.45, 2.75) is 31.7 Å². The molecule has 26 heavy (non-hydrogen) atoms. The van der Waals surface area contributed by atoms with Crippen LogP contribution in [-0.2, 0) is 16.2 Å². The van der Waals surface area contributed by atoms with Gasteiger partial charge in [-0.15, -0.1) is 11.8 Å². The van der Waals surface area contributed by atoms with E-state index in [1.54, 1.807) is 21.1 Å². The lowest BCUT2D eigenvalue weighted by Gasteiger charge is -2.30. The van der Waals surface area contributed by atoms with E-state index in [0.717, 1.165) is 18.0 Å². The number of hydrogen-bond donors (Lipinski definition) is 0. The molecule has 1 atom stereocenters. The second kappa shape index (κ2) is 8.32. The molecular weight excluding hydrogens is 370 g/mol. The minimum Gasteiger partial charge on any atom is -0.468 e. The van der Waals surface area contributed by atoms with Gasteiger partial charge in [0, 0.05) is 18.8 Å². The van der Waals surface area contributed by atoms with E-state index in [-0.39, 0.29) is 11.2 Å². The number of carbonyl (C=O) groups is 1. The number of aromatic nitrogens is 4. The molecule has 0 saturated carbocycles. The third-order valence-electron chi connectivity index (χ3n) is 4.39. The highest BCUT2D eigenvalue weighted by molar-refractivity contribution is 8.00. The van der Waals surface area contributed by atoms with Crippen LogP contribution >= 0.6 is 24.0 Å². The smallest absolute Gasteiger partial charge is 0.320 e. The number of carbonyl (C=O) groups excluding carboxylic acids is 1. The van der Waals surface area contributed by atoms with Gasteiger partial charge in [0.1, 0.15) is 5.25 Å². The Morgan fingerprint density at radius 2 is 2.08 bits per heavy atom. The van der Waals surface area contributed by atoms with E-state index in [0.29, 0.717) is 23.9 Å². The molecule has 0 aliphatic carbocycles. The Morgan fingerprint density at radius 1 is 1.35 bits per heavy atom. The van der Waals surface area contributed by atoms with Crippen LogP contribution in [0.2, 0.25) is 0 Å². The normalized spacial score (nSPS) is 18.2. The van der Waals surface area contributed by atoms with Crippen LogP contribution in [0.3, 0.4) is 0 Å². The van der Waals surface area contributed by atoms with E-state index in [9.17, 15) is 4.79 Å². The van der Waals surface area contributed by atoms with Crippen molar-refractivity contribution in [2.24, 2.45) is 0 Å². The number of rotatable bonds is 5. The molecule has 0 radical (unpaired) electrons. The van der Waals surface area contributed by atoms with Crippen molar-refractivity contribution in [3.8, 4) is 5.69 Å². The zero-order valence-electron chi connectivity index (χ0n) is 15.2. The molecule has 1 aliphatic heterocycles. The van der Waals surface area contributed by atoms with Crippen LogP contribution in [0.25, 0.3) is 5.69 Å². The van der Waals surface area contributed by atoms with Crippen molar-refractivity contribution in [3.63, 3.8) is 0 Å². The molecular formula is C17H23N5O2S2. The zero-order valence-corrected chi connectivity index (χ0v) is 16.8. The van der Waals surface area contributed by atoms with Crippen LogP contribution in [-0.4, -0.2) is 61.9 Å². The lowest BCUT2D eigenvalue weighted by atomic mass is 10.0. The summed E-state index contributed by atoms with van der Waals surface area (Å²) in [6.45, 7) is 6.33. The number of esters is 1. The predicted octanol–water partition coefficient (Wildman–Crippen LogP) is 2.47. The van der Waals surface area contributed by atoms with Gasteiger partial charge in [0.2, 0.25) is 4.77 Å². The molecule has 1 fully saturated rings. The fraction of sp³-hybridized carbons (Fsp3) is 0.529. The average molecular weight is 394 g/mol. The van der Waals surface area contributed by atoms with E-state index in [2.05, 4.69) is 41.3 Å². The van der Waals surface area contributed by atoms with Crippen LogP contribution in [0.4, 0.5) is 0 Å². The van der Waals surface area contributed by atoms with Gasteiger partial charge in [-0.2, -0.15) is 4.68 Å². The number of tetrazole rings is 1. The molecule has 7 nitrogen and oxygen atoms in total. The van der Waals surface area contributed by atoms with Crippen LogP contribution in [0.15, 0.2) is 24.3 Å². The largest absolute Gasteiger partial charge is 0.468 e. The van der Waals surface area contributed by atoms with Crippen molar-refractivity contribution in [2.75, 3.05) is 26.0 Å². The van der Waals surface area contributed by atoms with E-state index < -0.39 is 0 Å². The van der Waals surface area contributed by atoms with Gasteiger partial charge in [-0.3, -0.25) is 9.69 Å². The van der Waals surface area contributed by atoms with Crippen molar-refractivity contribution < 1.29 is 9.53 Å². The molecule has 0 spiro atoms. The van der Waals surface area contributed by atoms with Crippen LogP contribution in [0.5, 0.6) is 0 Å². The number of thioether (sulfide) groups is 1. The summed E-state index contributed by atoms with van der Waals surface area (Å²) in [7, 11) is 1.42. The second-order valence-electron chi connectivity index (χ2n) is 6.52. The summed E-state index contributed by atoms with van der Waals surface area (Å²) in [4.78, 5) is 13.9. The van der Waals surface area contributed by atoms with Crippen molar-refractivity contribution in [1.82, 2.24) is 24.7 Å². The topological polar surface area (TPSA) is 65.2 Å². The molecule has 1 aromatic carbocycles. The maximum Gasteiger partial charge on any atom is 0.320 e. The van der Waals surface area contributed by atoms with Gasteiger partial charge in [-0.05, 0) is 46.3 Å². The number of methoxy groups -OCH3 is 1. The maximum absolute atomic E-state index is 11.8. The molecule has 0 unspecified atom stereocenters. The van der Waals surface area contributed by atoms with Crippen LogP contribution in [0.1, 0.15) is 25.3 Å². The van der Waals surface area contributed by atoms with E-state index in [1.165, 1.54) is 12.7 Å². The van der Waals surface area contributed by atoms with E-state index in [4.69, 9.17) is 17.0 Å².